The largest absolute Gasteiger partial charge is 0.339 e. The molecule has 0 saturated carbocycles. The van der Waals surface area contributed by atoms with Crippen LogP contribution >= 0.6 is 0 Å². The van der Waals surface area contributed by atoms with Gasteiger partial charge in [0.25, 0.3) is 0 Å². The average molecular weight is 403 g/mol. The zero-order valence-corrected chi connectivity index (χ0v) is 17.5. The van der Waals surface area contributed by atoms with Crippen molar-refractivity contribution in [2.45, 2.75) is 32.2 Å². The second-order valence-corrected chi connectivity index (χ2v) is 9.25. The minimum Gasteiger partial charge on any atom is -0.339 e. The molecule has 3 heterocycles. The van der Waals surface area contributed by atoms with Gasteiger partial charge < -0.3 is 20.0 Å². The van der Waals surface area contributed by atoms with Gasteiger partial charge in [0.2, 0.25) is 5.91 Å². The highest BCUT2D eigenvalue weighted by Crippen LogP contribution is 2.49. The van der Waals surface area contributed by atoms with Gasteiger partial charge in [0.1, 0.15) is 5.82 Å². The number of benzene rings is 1. The van der Waals surface area contributed by atoms with Crippen molar-refractivity contribution in [1.29, 1.82) is 0 Å². The summed E-state index contributed by atoms with van der Waals surface area (Å²) in [6, 6.07) is 5.64. The molecule has 0 bridgehead atoms. The van der Waals surface area contributed by atoms with Crippen LogP contribution in [0.3, 0.4) is 0 Å². The van der Waals surface area contributed by atoms with Crippen molar-refractivity contribution < 1.29 is 14.0 Å². The number of likely N-dealkylation sites (tertiary alicyclic amines) is 3. The monoisotopic (exact) mass is 402 g/mol. The molecule has 7 heteroatoms. The molecular weight excluding hydrogens is 371 g/mol. The van der Waals surface area contributed by atoms with Crippen molar-refractivity contribution in [3.63, 3.8) is 0 Å². The number of anilines is 1. The maximum Gasteiger partial charge on any atom is 0.321 e. The van der Waals surface area contributed by atoms with Crippen molar-refractivity contribution in [2.75, 3.05) is 45.1 Å². The van der Waals surface area contributed by atoms with Crippen LogP contribution in [0.1, 0.15) is 26.7 Å². The standard InChI is InChI=1S/C22H31FN4O2/c1-15(2)12-26-13-18-19(14-26)22(25(3)20(18)28)8-10-27(11-9-22)21(29)24-17-6-4-16(23)5-7-17/h4-7,15,18-19H,8-14H2,1-3H3,(H,24,29)/t18-,19+/m1/s1. The fourth-order valence-corrected chi connectivity index (χ4v) is 5.60. The van der Waals surface area contributed by atoms with E-state index in [4.69, 9.17) is 0 Å². The average Bonchev–Trinajstić information content (AvgIpc) is 3.18. The highest BCUT2D eigenvalue weighted by molar-refractivity contribution is 5.89. The Morgan fingerprint density at radius 2 is 1.86 bits per heavy atom. The van der Waals surface area contributed by atoms with Crippen LogP contribution in [0.4, 0.5) is 14.9 Å². The minimum absolute atomic E-state index is 0.0957. The number of urea groups is 1. The Morgan fingerprint density at radius 3 is 2.48 bits per heavy atom. The Kier molecular flexibility index (Phi) is 5.27. The third-order valence-electron chi connectivity index (χ3n) is 7.04. The molecule has 6 nitrogen and oxygen atoms in total. The number of nitrogens with zero attached hydrogens (tertiary/aromatic N) is 3. The van der Waals surface area contributed by atoms with E-state index < -0.39 is 0 Å². The fraction of sp³-hybridized carbons (Fsp3) is 0.636. The normalized spacial score (nSPS) is 26.4. The highest BCUT2D eigenvalue weighted by Gasteiger charge is 2.60. The van der Waals surface area contributed by atoms with E-state index in [-0.39, 0.29) is 29.2 Å². The lowest BCUT2D eigenvalue weighted by molar-refractivity contribution is -0.133. The molecule has 1 aromatic carbocycles. The molecule has 29 heavy (non-hydrogen) atoms. The minimum atomic E-state index is -0.325. The molecular formula is C22H31FN4O2. The summed E-state index contributed by atoms with van der Waals surface area (Å²) in [4.78, 5) is 31.8. The van der Waals surface area contributed by atoms with Crippen molar-refractivity contribution in [3.05, 3.63) is 30.1 Å². The quantitative estimate of drug-likeness (QED) is 0.846. The molecule has 0 unspecified atom stereocenters. The van der Waals surface area contributed by atoms with E-state index in [1.165, 1.54) is 12.1 Å². The summed E-state index contributed by atoms with van der Waals surface area (Å²) in [6.45, 7) is 8.55. The SMILES string of the molecule is CC(C)CN1C[C@H]2C(=O)N(C)C3(CCN(C(=O)Nc4ccc(F)cc4)CC3)[C@H]2C1. The summed E-state index contributed by atoms with van der Waals surface area (Å²) in [5.74, 6) is 0.981. The zero-order chi connectivity index (χ0) is 20.8. The van der Waals surface area contributed by atoms with Gasteiger partial charge in [0, 0.05) is 51.4 Å². The predicted molar refractivity (Wildman–Crippen MR) is 110 cm³/mol. The number of halogens is 1. The maximum absolute atomic E-state index is 13.1. The van der Waals surface area contributed by atoms with E-state index in [2.05, 4.69) is 24.1 Å². The smallest absolute Gasteiger partial charge is 0.321 e. The van der Waals surface area contributed by atoms with E-state index in [0.717, 1.165) is 32.5 Å². The van der Waals surface area contributed by atoms with Crippen LogP contribution in [0.15, 0.2) is 24.3 Å². The van der Waals surface area contributed by atoms with E-state index in [1.54, 1.807) is 17.0 Å². The molecule has 1 aromatic rings. The predicted octanol–water partition coefficient (Wildman–Crippen LogP) is 2.87. The van der Waals surface area contributed by atoms with Gasteiger partial charge in [-0.15, -0.1) is 0 Å². The summed E-state index contributed by atoms with van der Waals surface area (Å²) < 4.78 is 13.1. The van der Waals surface area contributed by atoms with Crippen LogP contribution in [-0.2, 0) is 4.79 Å². The number of fused-ring (bicyclic) bond motifs is 2. The third kappa shape index (κ3) is 3.61. The van der Waals surface area contributed by atoms with Gasteiger partial charge >= 0.3 is 6.03 Å². The first-order chi connectivity index (χ1) is 13.8. The van der Waals surface area contributed by atoms with Gasteiger partial charge in [-0.3, -0.25) is 4.79 Å². The summed E-state index contributed by atoms with van der Waals surface area (Å²) in [7, 11) is 1.95. The lowest BCUT2D eigenvalue weighted by Gasteiger charge is -2.46. The molecule has 3 aliphatic rings. The van der Waals surface area contributed by atoms with E-state index in [0.29, 0.717) is 30.6 Å². The Morgan fingerprint density at radius 1 is 1.21 bits per heavy atom. The summed E-state index contributed by atoms with van der Waals surface area (Å²) in [6.07, 6.45) is 1.62. The van der Waals surface area contributed by atoms with Crippen molar-refractivity contribution in [2.24, 2.45) is 17.8 Å². The maximum atomic E-state index is 13.1. The molecule has 1 N–H and O–H groups in total. The molecule has 3 fully saturated rings. The van der Waals surface area contributed by atoms with Crippen LogP contribution in [0.25, 0.3) is 0 Å². The number of carbonyl (C=O) groups excluding carboxylic acids is 2. The van der Waals surface area contributed by atoms with E-state index in [1.807, 2.05) is 11.9 Å². The van der Waals surface area contributed by atoms with Gasteiger partial charge in [0.05, 0.1) is 11.5 Å². The first-order valence-electron chi connectivity index (χ1n) is 10.6. The summed E-state index contributed by atoms with van der Waals surface area (Å²) >= 11 is 0. The molecule has 1 spiro atoms. The van der Waals surface area contributed by atoms with Gasteiger partial charge in [0.15, 0.2) is 0 Å². The molecule has 3 saturated heterocycles. The van der Waals surface area contributed by atoms with Gasteiger partial charge in [-0.2, -0.15) is 0 Å². The van der Waals surface area contributed by atoms with Crippen LogP contribution in [0.2, 0.25) is 0 Å². The lowest BCUT2D eigenvalue weighted by atomic mass is 9.75. The molecule has 158 valence electrons. The van der Waals surface area contributed by atoms with Gasteiger partial charge in [-0.25, -0.2) is 9.18 Å². The molecule has 3 amide bonds. The van der Waals surface area contributed by atoms with E-state index in [9.17, 15) is 14.0 Å². The Labute approximate surface area is 172 Å². The summed E-state index contributed by atoms with van der Waals surface area (Å²) in [5.41, 5.74) is 0.449. The van der Waals surface area contributed by atoms with Crippen molar-refractivity contribution in [1.82, 2.24) is 14.7 Å². The lowest BCUT2D eigenvalue weighted by Crippen LogP contribution is -2.57. The van der Waals surface area contributed by atoms with Crippen LogP contribution < -0.4 is 5.32 Å². The first-order valence-corrected chi connectivity index (χ1v) is 10.6. The zero-order valence-electron chi connectivity index (χ0n) is 17.5. The second kappa shape index (κ2) is 7.59. The number of hydrogen-bond donors (Lipinski definition) is 1. The fourth-order valence-electron chi connectivity index (χ4n) is 5.60. The number of piperidine rings is 1. The Balaban J connectivity index is 1.41. The van der Waals surface area contributed by atoms with Gasteiger partial charge in [-0.1, -0.05) is 13.8 Å². The van der Waals surface area contributed by atoms with Crippen LogP contribution in [0, 0.1) is 23.6 Å². The van der Waals surface area contributed by atoms with Crippen LogP contribution in [0.5, 0.6) is 0 Å². The molecule has 4 rings (SSSR count). The van der Waals surface area contributed by atoms with Crippen LogP contribution in [-0.4, -0.2) is 71.9 Å². The van der Waals surface area contributed by atoms with Crippen molar-refractivity contribution in [3.8, 4) is 0 Å². The number of nitrogens with one attached hydrogen (secondary N) is 1. The number of carbonyl (C=O) groups is 2. The van der Waals surface area contributed by atoms with E-state index >= 15 is 0 Å². The first kappa shape index (κ1) is 20.1. The molecule has 2 atom stereocenters. The number of hydrogen-bond acceptors (Lipinski definition) is 3. The third-order valence-corrected chi connectivity index (χ3v) is 7.04. The topological polar surface area (TPSA) is 55.9 Å². The number of rotatable bonds is 3. The Hall–Kier alpha value is -2.15. The Bertz CT molecular complexity index is 774. The highest BCUT2D eigenvalue weighted by atomic mass is 19.1. The molecule has 0 aromatic heterocycles. The molecule has 0 radical (unpaired) electrons. The molecule has 3 aliphatic heterocycles. The number of amides is 3. The van der Waals surface area contributed by atoms with Crippen molar-refractivity contribution >= 4 is 17.6 Å². The van der Waals surface area contributed by atoms with Gasteiger partial charge in [-0.05, 0) is 43.0 Å². The molecule has 0 aliphatic carbocycles. The second-order valence-electron chi connectivity index (χ2n) is 9.25. The summed E-state index contributed by atoms with van der Waals surface area (Å²) in [5, 5.41) is 2.84.